The average molecular weight is 594 g/mol. The van der Waals surface area contributed by atoms with E-state index in [4.69, 9.17) is 11.6 Å². The summed E-state index contributed by atoms with van der Waals surface area (Å²) in [6, 6.07) is 19.3. The van der Waals surface area contributed by atoms with Gasteiger partial charge < -0.3 is 5.11 Å². The summed E-state index contributed by atoms with van der Waals surface area (Å²) < 4.78 is 13.8. The number of halogens is 2. The number of benzene rings is 3. The van der Waals surface area contributed by atoms with Gasteiger partial charge in [-0.05, 0) is 58.5 Å². The van der Waals surface area contributed by atoms with Gasteiger partial charge in [0.05, 0.1) is 11.6 Å². The molecule has 1 fully saturated rings. The van der Waals surface area contributed by atoms with Crippen LogP contribution in [0.25, 0.3) is 5.76 Å². The fraction of sp³-hybridized carbons (Fsp3) is 0.200. The maximum atomic E-state index is 13.4. The highest BCUT2D eigenvalue weighted by atomic mass is 35.5. The summed E-state index contributed by atoms with van der Waals surface area (Å²) in [5.74, 6) is -1.68. The maximum Gasteiger partial charge on any atom is 0.301 e. The highest BCUT2D eigenvalue weighted by Gasteiger charge is 2.48. The van der Waals surface area contributed by atoms with E-state index in [0.717, 1.165) is 11.1 Å². The Morgan fingerprint density at radius 2 is 1.65 bits per heavy atom. The van der Waals surface area contributed by atoms with E-state index in [1.165, 1.54) is 40.1 Å². The molecule has 1 amide bonds. The number of hydrogen-bond donors (Lipinski definition) is 1. The third-order valence-corrected chi connectivity index (χ3v) is 8.91. The molecule has 1 aromatic heterocycles. The number of amides is 1. The van der Waals surface area contributed by atoms with E-state index in [1.54, 1.807) is 36.4 Å². The van der Waals surface area contributed by atoms with Gasteiger partial charge in [0, 0.05) is 16.3 Å². The summed E-state index contributed by atoms with van der Waals surface area (Å²) in [5.41, 5.74) is 2.88. The zero-order chi connectivity index (χ0) is 28.6. The van der Waals surface area contributed by atoms with Crippen LogP contribution in [0.4, 0.5) is 9.52 Å². The minimum Gasteiger partial charge on any atom is -0.507 e. The molecule has 5 rings (SSSR count). The van der Waals surface area contributed by atoms with Gasteiger partial charge in [0.15, 0.2) is 4.34 Å². The summed E-state index contributed by atoms with van der Waals surface area (Å²) in [4.78, 5) is 28.2. The number of anilines is 1. The first kappa shape index (κ1) is 28.0. The van der Waals surface area contributed by atoms with E-state index in [2.05, 4.69) is 31.0 Å². The average Bonchev–Trinajstić information content (AvgIpc) is 3.50. The van der Waals surface area contributed by atoms with Crippen molar-refractivity contribution < 1.29 is 19.1 Å². The fourth-order valence-corrected chi connectivity index (χ4v) is 6.31. The molecule has 0 aliphatic carbocycles. The molecule has 1 saturated heterocycles. The van der Waals surface area contributed by atoms with Gasteiger partial charge >= 0.3 is 5.91 Å². The molecule has 2 heterocycles. The van der Waals surface area contributed by atoms with Crippen molar-refractivity contribution in [3.8, 4) is 0 Å². The van der Waals surface area contributed by atoms with E-state index in [0.29, 0.717) is 26.2 Å². The number of aliphatic hydroxyl groups is 1. The quantitative estimate of drug-likeness (QED) is 0.0817. The molecule has 6 nitrogen and oxygen atoms in total. The van der Waals surface area contributed by atoms with E-state index >= 15 is 0 Å². The standard InChI is InChI=1S/C30H25ClFN3O3S2/c1-30(2,3)20-10-6-18(7-11-20)24-23(25(36)19-8-12-21(31)13-9-19)26(37)27(38)35(24)28-33-34-29(40-28)39-16-17-4-14-22(32)15-5-17/h4-15,24,36H,16H2,1-3H3/b25-23-. The number of hydrogen-bond acceptors (Lipinski definition) is 7. The van der Waals surface area contributed by atoms with Crippen LogP contribution < -0.4 is 4.90 Å². The Morgan fingerprint density at radius 3 is 2.27 bits per heavy atom. The molecular formula is C30H25ClFN3O3S2. The number of ketones is 1. The summed E-state index contributed by atoms with van der Waals surface area (Å²) in [5, 5.41) is 20.5. The Morgan fingerprint density at radius 1 is 1.00 bits per heavy atom. The van der Waals surface area contributed by atoms with Crippen molar-refractivity contribution >= 4 is 57.3 Å². The number of rotatable bonds is 6. The molecule has 0 radical (unpaired) electrons. The molecule has 204 valence electrons. The lowest BCUT2D eigenvalue weighted by molar-refractivity contribution is -0.132. The number of nitrogens with zero attached hydrogens (tertiary/aromatic N) is 3. The minimum atomic E-state index is -0.910. The van der Waals surface area contributed by atoms with E-state index in [-0.39, 0.29) is 27.7 Å². The van der Waals surface area contributed by atoms with Gasteiger partial charge in [-0.25, -0.2) is 4.39 Å². The molecule has 3 aromatic carbocycles. The Hall–Kier alpha value is -3.53. The van der Waals surface area contributed by atoms with Crippen LogP contribution in [0.3, 0.4) is 0 Å². The molecule has 1 aliphatic heterocycles. The van der Waals surface area contributed by atoms with E-state index in [1.807, 2.05) is 24.3 Å². The van der Waals surface area contributed by atoms with Crippen LogP contribution in [-0.2, 0) is 20.8 Å². The lowest BCUT2D eigenvalue weighted by atomic mass is 9.85. The predicted molar refractivity (Wildman–Crippen MR) is 157 cm³/mol. The van der Waals surface area contributed by atoms with Crippen molar-refractivity contribution in [2.24, 2.45) is 0 Å². The molecule has 1 N–H and O–H groups in total. The Kier molecular flexibility index (Phi) is 7.81. The SMILES string of the molecule is CC(C)(C)c1ccc(C2/C(=C(/O)c3ccc(Cl)cc3)C(=O)C(=O)N2c2nnc(SCc3ccc(F)cc3)s2)cc1. The third kappa shape index (κ3) is 5.68. The Labute approximate surface area is 244 Å². The normalized spacial score (nSPS) is 17.0. The van der Waals surface area contributed by atoms with Gasteiger partial charge in [-0.2, -0.15) is 0 Å². The molecule has 40 heavy (non-hydrogen) atoms. The zero-order valence-electron chi connectivity index (χ0n) is 21.9. The molecule has 10 heteroatoms. The van der Waals surface area contributed by atoms with Gasteiger partial charge in [0.2, 0.25) is 5.13 Å². The van der Waals surface area contributed by atoms with Crippen LogP contribution in [0.2, 0.25) is 5.02 Å². The molecule has 0 spiro atoms. The highest BCUT2D eigenvalue weighted by Crippen LogP contribution is 2.44. The first-order chi connectivity index (χ1) is 19.0. The summed E-state index contributed by atoms with van der Waals surface area (Å²) >= 11 is 8.59. The highest BCUT2D eigenvalue weighted by molar-refractivity contribution is 8.00. The lowest BCUT2D eigenvalue weighted by Crippen LogP contribution is -2.29. The van der Waals surface area contributed by atoms with Gasteiger partial charge in [-0.1, -0.05) is 91.9 Å². The first-order valence-electron chi connectivity index (χ1n) is 12.4. The fourth-order valence-electron chi connectivity index (χ4n) is 4.36. The molecule has 0 bridgehead atoms. The van der Waals surface area contributed by atoms with Crippen molar-refractivity contribution in [3.05, 3.63) is 111 Å². The number of carbonyl (C=O) groups excluding carboxylic acids is 2. The van der Waals surface area contributed by atoms with E-state index in [9.17, 15) is 19.1 Å². The summed E-state index contributed by atoms with van der Waals surface area (Å²) in [6.07, 6.45) is 0. The summed E-state index contributed by atoms with van der Waals surface area (Å²) in [7, 11) is 0. The van der Waals surface area contributed by atoms with Crippen LogP contribution in [0, 0.1) is 5.82 Å². The van der Waals surface area contributed by atoms with Crippen molar-refractivity contribution in [1.82, 2.24) is 10.2 Å². The van der Waals surface area contributed by atoms with Crippen molar-refractivity contribution in [1.29, 1.82) is 0 Å². The van der Waals surface area contributed by atoms with Gasteiger partial charge in [-0.15, -0.1) is 10.2 Å². The molecule has 4 aromatic rings. The first-order valence-corrected chi connectivity index (χ1v) is 14.6. The molecule has 1 unspecified atom stereocenters. The monoisotopic (exact) mass is 593 g/mol. The second-order valence-corrected chi connectivity index (χ2v) is 12.9. The Bertz CT molecular complexity index is 1600. The number of Topliss-reactive ketones (excluding diaryl/α,β-unsaturated/α-hetero) is 1. The Balaban J connectivity index is 1.54. The van der Waals surface area contributed by atoms with Crippen LogP contribution in [0.15, 0.2) is 82.7 Å². The maximum absolute atomic E-state index is 13.4. The van der Waals surface area contributed by atoms with Gasteiger partial charge in [0.1, 0.15) is 11.6 Å². The second-order valence-electron chi connectivity index (χ2n) is 10.3. The second kappa shape index (κ2) is 11.2. The molecule has 0 saturated carbocycles. The predicted octanol–water partition coefficient (Wildman–Crippen LogP) is 7.55. The number of aromatic nitrogens is 2. The third-order valence-electron chi connectivity index (χ3n) is 6.53. The topological polar surface area (TPSA) is 83.4 Å². The van der Waals surface area contributed by atoms with Crippen molar-refractivity contribution in [2.75, 3.05) is 4.90 Å². The minimum absolute atomic E-state index is 0.0356. The van der Waals surface area contributed by atoms with E-state index < -0.39 is 17.7 Å². The molecule has 1 atom stereocenters. The van der Waals surface area contributed by atoms with Gasteiger partial charge in [0.25, 0.3) is 5.78 Å². The number of carbonyl (C=O) groups is 2. The number of thioether (sulfide) groups is 1. The number of aliphatic hydroxyl groups excluding tert-OH is 1. The van der Waals surface area contributed by atoms with Crippen molar-refractivity contribution in [2.45, 2.75) is 42.3 Å². The van der Waals surface area contributed by atoms with Crippen LogP contribution in [0.1, 0.15) is 49.1 Å². The van der Waals surface area contributed by atoms with Crippen LogP contribution >= 0.6 is 34.7 Å². The summed E-state index contributed by atoms with van der Waals surface area (Å²) in [6.45, 7) is 6.29. The van der Waals surface area contributed by atoms with Crippen molar-refractivity contribution in [3.63, 3.8) is 0 Å². The molecule has 1 aliphatic rings. The van der Waals surface area contributed by atoms with Gasteiger partial charge in [-0.3, -0.25) is 14.5 Å². The van der Waals surface area contributed by atoms with Crippen LogP contribution in [-0.4, -0.2) is 27.0 Å². The molecular weight excluding hydrogens is 569 g/mol. The van der Waals surface area contributed by atoms with Crippen LogP contribution in [0.5, 0.6) is 0 Å². The zero-order valence-corrected chi connectivity index (χ0v) is 24.3. The smallest absolute Gasteiger partial charge is 0.301 e. The largest absolute Gasteiger partial charge is 0.507 e. The lowest BCUT2D eigenvalue weighted by Gasteiger charge is -2.24.